The van der Waals surface area contributed by atoms with E-state index in [-0.39, 0.29) is 0 Å². The van der Waals surface area contributed by atoms with Crippen LogP contribution in [-0.2, 0) is 0 Å². The zero-order valence-corrected chi connectivity index (χ0v) is 8.84. The third-order valence-corrected chi connectivity index (χ3v) is 3.02. The van der Waals surface area contributed by atoms with E-state index in [1.807, 2.05) is 23.9 Å². The average Bonchev–Trinajstić information content (AvgIpc) is 2.23. The molecule has 0 spiro atoms. The van der Waals surface area contributed by atoms with Crippen molar-refractivity contribution in [2.24, 2.45) is 0 Å². The molecule has 3 heteroatoms. The van der Waals surface area contributed by atoms with Crippen molar-refractivity contribution in [3.8, 4) is 0 Å². The summed E-state index contributed by atoms with van der Waals surface area (Å²) in [5, 5.41) is 1.15. The van der Waals surface area contributed by atoms with E-state index < -0.39 is 0 Å². The topological polar surface area (TPSA) is 38.9 Å². The number of nitrogens with zero attached hydrogens (tertiary/aromatic N) is 1. The molecule has 0 saturated carbocycles. The quantitative estimate of drug-likeness (QED) is 0.604. The molecule has 1 heterocycles. The Kier molecular flexibility index (Phi) is 2.59. The van der Waals surface area contributed by atoms with Crippen molar-refractivity contribution in [3.05, 3.63) is 30.5 Å². The van der Waals surface area contributed by atoms with Crippen molar-refractivity contribution in [2.45, 2.75) is 11.8 Å². The second-order valence-corrected chi connectivity index (χ2v) is 4.29. The Bertz CT molecular complexity index is 454. The summed E-state index contributed by atoms with van der Waals surface area (Å²) in [5.74, 6) is 1.06. The van der Waals surface area contributed by atoms with Gasteiger partial charge in [0, 0.05) is 16.5 Å². The molecule has 0 aliphatic rings. The van der Waals surface area contributed by atoms with E-state index in [1.165, 1.54) is 4.90 Å². The minimum atomic E-state index is 0.751. The summed E-state index contributed by atoms with van der Waals surface area (Å²) in [4.78, 5) is 5.54. The molecule has 0 fully saturated rings. The molecule has 0 aliphatic heterocycles. The van der Waals surface area contributed by atoms with Crippen LogP contribution in [0.2, 0.25) is 0 Å². The number of fused-ring (bicyclic) bond motifs is 1. The number of aromatic nitrogens is 1. The SMILES string of the molecule is CCSc1ccc(N)c2ncccc12. The first-order valence-corrected chi connectivity index (χ1v) is 5.57. The first-order chi connectivity index (χ1) is 6.83. The lowest BCUT2D eigenvalue weighted by molar-refractivity contribution is 1.38. The summed E-state index contributed by atoms with van der Waals surface area (Å²) in [6, 6.07) is 8.00. The van der Waals surface area contributed by atoms with Crippen LogP contribution in [0.15, 0.2) is 35.4 Å². The summed E-state index contributed by atoms with van der Waals surface area (Å²) in [6.07, 6.45) is 1.78. The number of benzene rings is 1. The normalized spacial score (nSPS) is 10.6. The molecule has 0 atom stereocenters. The van der Waals surface area contributed by atoms with E-state index in [4.69, 9.17) is 5.73 Å². The average molecular weight is 204 g/mol. The number of hydrogen-bond acceptors (Lipinski definition) is 3. The standard InChI is InChI=1S/C11H12N2S/c1-2-14-10-6-5-9(12)11-8(10)4-3-7-13-11/h3-7H,2,12H2,1H3. The lowest BCUT2D eigenvalue weighted by Crippen LogP contribution is -1.90. The van der Waals surface area contributed by atoms with E-state index in [2.05, 4.69) is 24.0 Å². The fraction of sp³-hybridized carbons (Fsp3) is 0.182. The van der Waals surface area contributed by atoms with Gasteiger partial charge in [-0.1, -0.05) is 13.0 Å². The zero-order valence-electron chi connectivity index (χ0n) is 8.03. The highest BCUT2D eigenvalue weighted by Gasteiger charge is 2.03. The Morgan fingerprint density at radius 3 is 3.00 bits per heavy atom. The van der Waals surface area contributed by atoms with E-state index >= 15 is 0 Å². The lowest BCUT2D eigenvalue weighted by Gasteiger charge is -2.05. The molecule has 14 heavy (non-hydrogen) atoms. The molecule has 1 aromatic heterocycles. The third kappa shape index (κ3) is 1.55. The number of rotatable bonds is 2. The molecule has 2 aromatic rings. The van der Waals surface area contributed by atoms with Crippen LogP contribution in [0.4, 0.5) is 5.69 Å². The second kappa shape index (κ2) is 3.88. The van der Waals surface area contributed by atoms with Gasteiger partial charge in [0.05, 0.1) is 11.2 Å². The number of nitrogen functional groups attached to an aromatic ring is 1. The van der Waals surface area contributed by atoms with Crippen LogP contribution in [0.1, 0.15) is 6.92 Å². The van der Waals surface area contributed by atoms with Crippen molar-refractivity contribution >= 4 is 28.4 Å². The summed E-state index contributed by atoms with van der Waals surface area (Å²) >= 11 is 1.82. The monoisotopic (exact) mass is 204 g/mol. The van der Waals surface area contributed by atoms with Gasteiger partial charge in [0.15, 0.2) is 0 Å². The molecule has 0 bridgehead atoms. The lowest BCUT2D eigenvalue weighted by atomic mass is 10.2. The molecule has 0 saturated heterocycles. The molecule has 2 nitrogen and oxygen atoms in total. The first kappa shape index (κ1) is 9.34. The van der Waals surface area contributed by atoms with Crippen molar-refractivity contribution in [1.82, 2.24) is 4.98 Å². The third-order valence-electron chi connectivity index (χ3n) is 2.06. The maximum atomic E-state index is 5.85. The fourth-order valence-electron chi connectivity index (χ4n) is 1.45. The largest absolute Gasteiger partial charge is 0.397 e. The maximum absolute atomic E-state index is 5.85. The highest BCUT2D eigenvalue weighted by atomic mass is 32.2. The highest BCUT2D eigenvalue weighted by molar-refractivity contribution is 7.99. The maximum Gasteiger partial charge on any atom is 0.0942 e. The summed E-state index contributed by atoms with van der Waals surface area (Å²) in [7, 11) is 0. The van der Waals surface area contributed by atoms with Gasteiger partial charge in [-0.3, -0.25) is 4.98 Å². The number of pyridine rings is 1. The van der Waals surface area contributed by atoms with Gasteiger partial charge in [-0.25, -0.2) is 0 Å². The molecule has 0 radical (unpaired) electrons. The summed E-state index contributed by atoms with van der Waals surface area (Å²) < 4.78 is 0. The predicted octanol–water partition coefficient (Wildman–Crippen LogP) is 2.93. The smallest absolute Gasteiger partial charge is 0.0942 e. The van der Waals surface area contributed by atoms with E-state index in [9.17, 15) is 0 Å². The summed E-state index contributed by atoms with van der Waals surface area (Å²) in [5.41, 5.74) is 7.51. The Balaban J connectivity index is 2.68. The molecular formula is C11H12N2S. The van der Waals surface area contributed by atoms with Crippen LogP contribution in [0, 0.1) is 0 Å². The van der Waals surface area contributed by atoms with Crippen LogP contribution >= 0.6 is 11.8 Å². The Morgan fingerprint density at radius 2 is 2.21 bits per heavy atom. The summed E-state index contributed by atoms with van der Waals surface area (Å²) in [6.45, 7) is 2.14. The molecule has 2 rings (SSSR count). The number of anilines is 1. The molecule has 0 amide bonds. The van der Waals surface area contributed by atoms with Crippen LogP contribution in [0.25, 0.3) is 10.9 Å². The van der Waals surface area contributed by atoms with Crippen molar-refractivity contribution in [2.75, 3.05) is 11.5 Å². The minimum absolute atomic E-state index is 0.751. The van der Waals surface area contributed by atoms with Gasteiger partial charge < -0.3 is 5.73 Å². The van der Waals surface area contributed by atoms with Gasteiger partial charge in [-0.15, -0.1) is 11.8 Å². The van der Waals surface area contributed by atoms with Crippen LogP contribution in [0.5, 0.6) is 0 Å². The number of hydrogen-bond donors (Lipinski definition) is 1. The Labute approximate surface area is 87.5 Å². The number of thioether (sulfide) groups is 1. The van der Waals surface area contributed by atoms with Crippen LogP contribution in [-0.4, -0.2) is 10.7 Å². The van der Waals surface area contributed by atoms with Crippen molar-refractivity contribution in [1.29, 1.82) is 0 Å². The molecule has 2 N–H and O–H groups in total. The molecule has 0 aliphatic carbocycles. The van der Waals surface area contributed by atoms with Crippen LogP contribution in [0.3, 0.4) is 0 Å². The fourth-order valence-corrected chi connectivity index (χ4v) is 2.25. The highest BCUT2D eigenvalue weighted by Crippen LogP contribution is 2.29. The predicted molar refractivity (Wildman–Crippen MR) is 62.6 cm³/mol. The van der Waals surface area contributed by atoms with E-state index in [0.717, 1.165) is 22.3 Å². The van der Waals surface area contributed by atoms with Crippen molar-refractivity contribution < 1.29 is 0 Å². The van der Waals surface area contributed by atoms with Gasteiger partial charge in [0.25, 0.3) is 0 Å². The van der Waals surface area contributed by atoms with E-state index in [1.54, 1.807) is 6.20 Å². The van der Waals surface area contributed by atoms with Crippen molar-refractivity contribution in [3.63, 3.8) is 0 Å². The first-order valence-electron chi connectivity index (χ1n) is 4.59. The minimum Gasteiger partial charge on any atom is -0.397 e. The molecular weight excluding hydrogens is 192 g/mol. The zero-order chi connectivity index (χ0) is 9.97. The Morgan fingerprint density at radius 1 is 1.36 bits per heavy atom. The molecule has 1 aromatic carbocycles. The van der Waals surface area contributed by atoms with Gasteiger partial charge in [-0.05, 0) is 24.0 Å². The van der Waals surface area contributed by atoms with E-state index in [0.29, 0.717) is 0 Å². The van der Waals surface area contributed by atoms with Gasteiger partial charge in [0.1, 0.15) is 0 Å². The van der Waals surface area contributed by atoms with Crippen LogP contribution < -0.4 is 5.73 Å². The number of nitrogens with two attached hydrogens (primary N) is 1. The Hall–Kier alpha value is -1.22. The second-order valence-electron chi connectivity index (χ2n) is 2.99. The van der Waals surface area contributed by atoms with Gasteiger partial charge >= 0.3 is 0 Å². The van der Waals surface area contributed by atoms with Gasteiger partial charge in [-0.2, -0.15) is 0 Å². The molecule has 72 valence electrons. The molecule has 0 unspecified atom stereocenters. The van der Waals surface area contributed by atoms with Gasteiger partial charge in [0.2, 0.25) is 0 Å².